The van der Waals surface area contributed by atoms with Crippen LogP contribution >= 0.6 is 0 Å². The van der Waals surface area contributed by atoms with E-state index >= 15 is 0 Å². The van der Waals surface area contributed by atoms with Gasteiger partial charge in [-0.15, -0.1) is 0 Å². The van der Waals surface area contributed by atoms with Gasteiger partial charge in [0.15, 0.2) is 0 Å². The first-order chi connectivity index (χ1) is 11.5. The minimum atomic E-state index is -0.0596. The van der Waals surface area contributed by atoms with Gasteiger partial charge in [-0.25, -0.2) is 4.79 Å². The van der Waals surface area contributed by atoms with Crippen LogP contribution in [0.5, 0.6) is 0 Å². The van der Waals surface area contributed by atoms with Crippen molar-refractivity contribution in [2.45, 2.75) is 26.6 Å². The smallest absolute Gasteiger partial charge is 0.317 e. The van der Waals surface area contributed by atoms with E-state index in [1.165, 1.54) is 16.7 Å². The highest BCUT2D eigenvalue weighted by Gasteiger charge is 2.09. The van der Waals surface area contributed by atoms with Crippen LogP contribution in [0.3, 0.4) is 0 Å². The molecule has 0 spiro atoms. The van der Waals surface area contributed by atoms with Crippen LogP contribution in [-0.2, 0) is 19.6 Å². The van der Waals surface area contributed by atoms with Gasteiger partial charge in [0.1, 0.15) is 0 Å². The predicted octanol–water partition coefficient (Wildman–Crippen LogP) is 3.40. The van der Waals surface area contributed by atoms with Crippen molar-refractivity contribution in [3.8, 4) is 0 Å². The van der Waals surface area contributed by atoms with Gasteiger partial charge in [-0.05, 0) is 43.3 Å². The molecule has 0 aromatic heterocycles. The average Bonchev–Trinajstić information content (AvgIpc) is 2.55. The van der Waals surface area contributed by atoms with Crippen molar-refractivity contribution in [1.82, 2.24) is 15.1 Å². The molecule has 0 aliphatic heterocycles. The van der Waals surface area contributed by atoms with Gasteiger partial charge in [0.2, 0.25) is 0 Å². The number of nitrogens with one attached hydrogen (secondary N) is 1. The summed E-state index contributed by atoms with van der Waals surface area (Å²) in [4.78, 5) is 16.1. The Balaban J connectivity index is 1.85. The molecule has 128 valence electrons. The van der Waals surface area contributed by atoms with E-state index in [1.807, 2.05) is 19.2 Å². The Morgan fingerprint density at radius 3 is 2.17 bits per heavy atom. The van der Waals surface area contributed by atoms with Crippen LogP contribution in [0, 0.1) is 6.92 Å². The monoisotopic (exact) mass is 325 g/mol. The number of nitrogens with zero attached hydrogens (tertiary/aromatic N) is 2. The molecule has 0 radical (unpaired) electrons. The van der Waals surface area contributed by atoms with Gasteiger partial charge in [0.25, 0.3) is 0 Å². The standard InChI is InChI=1S/C20H27N3O/c1-16-7-5-6-8-19(16)15-23(4)20(24)21-13-17-9-11-18(12-10-17)14-22(2)3/h5-12H,13-15H2,1-4H3,(H,21,24). The van der Waals surface area contributed by atoms with Gasteiger partial charge in [0, 0.05) is 26.7 Å². The van der Waals surface area contributed by atoms with Crippen LogP contribution in [0.1, 0.15) is 22.3 Å². The number of benzene rings is 2. The zero-order chi connectivity index (χ0) is 17.5. The Hall–Kier alpha value is -2.33. The third-order valence-electron chi connectivity index (χ3n) is 3.98. The van der Waals surface area contributed by atoms with Gasteiger partial charge in [-0.2, -0.15) is 0 Å². The molecule has 0 bridgehead atoms. The lowest BCUT2D eigenvalue weighted by molar-refractivity contribution is 0.206. The summed E-state index contributed by atoms with van der Waals surface area (Å²) in [5, 5.41) is 2.98. The minimum Gasteiger partial charge on any atom is -0.334 e. The van der Waals surface area contributed by atoms with E-state index in [2.05, 4.69) is 67.6 Å². The van der Waals surface area contributed by atoms with Crippen molar-refractivity contribution in [2.75, 3.05) is 21.1 Å². The topological polar surface area (TPSA) is 35.6 Å². The van der Waals surface area contributed by atoms with Crippen LogP contribution in [-0.4, -0.2) is 37.0 Å². The first kappa shape index (κ1) is 18.0. The summed E-state index contributed by atoms with van der Waals surface area (Å²) in [6.07, 6.45) is 0. The lowest BCUT2D eigenvalue weighted by Crippen LogP contribution is -2.36. The van der Waals surface area contributed by atoms with Crippen molar-refractivity contribution in [3.05, 3.63) is 70.8 Å². The van der Waals surface area contributed by atoms with E-state index in [9.17, 15) is 4.79 Å². The fourth-order valence-electron chi connectivity index (χ4n) is 2.56. The maximum Gasteiger partial charge on any atom is 0.317 e. The Bertz CT molecular complexity index is 665. The second kappa shape index (κ2) is 8.50. The van der Waals surface area contributed by atoms with Gasteiger partial charge in [-0.3, -0.25) is 0 Å². The van der Waals surface area contributed by atoms with Crippen molar-refractivity contribution < 1.29 is 4.79 Å². The third-order valence-corrected chi connectivity index (χ3v) is 3.98. The summed E-state index contributed by atoms with van der Waals surface area (Å²) in [6, 6.07) is 16.4. The van der Waals surface area contributed by atoms with Gasteiger partial charge in [0.05, 0.1) is 0 Å². The molecule has 1 N–H and O–H groups in total. The van der Waals surface area contributed by atoms with Crippen molar-refractivity contribution in [2.24, 2.45) is 0 Å². The molecule has 0 saturated carbocycles. The van der Waals surface area contributed by atoms with Crippen LogP contribution in [0.4, 0.5) is 4.79 Å². The number of aryl methyl sites for hydroxylation is 1. The summed E-state index contributed by atoms with van der Waals surface area (Å²) in [7, 11) is 5.93. The zero-order valence-electron chi connectivity index (χ0n) is 15.0. The van der Waals surface area contributed by atoms with E-state index < -0.39 is 0 Å². The lowest BCUT2D eigenvalue weighted by atomic mass is 10.1. The molecule has 0 aliphatic carbocycles. The Morgan fingerprint density at radius 1 is 0.917 bits per heavy atom. The van der Waals surface area contributed by atoms with Crippen LogP contribution in [0.25, 0.3) is 0 Å². The first-order valence-electron chi connectivity index (χ1n) is 8.21. The van der Waals surface area contributed by atoms with E-state index in [4.69, 9.17) is 0 Å². The van der Waals surface area contributed by atoms with Crippen molar-refractivity contribution in [3.63, 3.8) is 0 Å². The van der Waals surface area contributed by atoms with Crippen molar-refractivity contribution >= 4 is 6.03 Å². The fourth-order valence-corrected chi connectivity index (χ4v) is 2.56. The van der Waals surface area contributed by atoms with E-state index in [0.717, 1.165) is 12.1 Å². The molecule has 2 rings (SSSR count). The molecule has 24 heavy (non-hydrogen) atoms. The van der Waals surface area contributed by atoms with E-state index in [0.29, 0.717) is 13.1 Å². The normalized spacial score (nSPS) is 10.7. The summed E-state index contributed by atoms with van der Waals surface area (Å²) in [5.74, 6) is 0. The molecule has 0 heterocycles. The highest BCUT2D eigenvalue weighted by Crippen LogP contribution is 2.10. The van der Waals surface area contributed by atoms with Gasteiger partial charge >= 0.3 is 6.03 Å². The Labute approximate surface area is 145 Å². The Morgan fingerprint density at radius 2 is 1.54 bits per heavy atom. The number of urea groups is 1. The summed E-state index contributed by atoms with van der Waals surface area (Å²) >= 11 is 0. The molecule has 2 aromatic carbocycles. The quantitative estimate of drug-likeness (QED) is 0.883. The SMILES string of the molecule is Cc1ccccc1CN(C)C(=O)NCc1ccc(CN(C)C)cc1. The molecule has 0 aliphatic rings. The summed E-state index contributed by atoms with van der Waals surface area (Å²) in [6.45, 7) is 4.14. The molecule has 0 fully saturated rings. The highest BCUT2D eigenvalue weighted by molar-refractivity contribution is 5.73. The van der Waals surface area contributed by atoms with E-state index in [-0.39, 0.29) is 6.03 Å². The highest BCUT2D eigenvalue weighted by atomic mass is 16.2. The number of hydrogen-bond acceptors (Lipinski definition) is 2. The van der Waals surface area contributed by atoms with Gasteiger partial charge < -0.3 is 15.1 Å². The van der Waals surface area contributed by atoms with Crippen LogP contribution in [0.15, 0.2) is 48.5 Å². The molecule has 4 heteroatoms. The second-order valence-corrected chi connectivity index (χ2v) is 6.50. The summed E-state index contributed by atoms with van der Waals surface area (Å²) in [5.41, 5.74) is 4.75. The number of carbonyl (C=O) groups is 1. The molecule has 2 aromatic rings. The molecular weight excluding hydrogens is 298 g/mol. The predicted molar refractivity (Wildman–Crippen MR) is 98.7 cm³/mol. The molecule has 2 amide bonds. The first-order valence-corrected chi connectivity index (χ1v) is 8.21. The maximum absolute atomic E-state index is 12.3. The van der Waals surface area contributed by atoms with Crippen LogP contribution < -0.4 is 5.32 Å². The van der Waals surface area contributed by atoms with Crippen molar-refractivity contribution in [1.29, 1.82) is 0 Å². The molecule has 0 atom stereocenters. The zero-order valence-corrected chi connectivity index (χ0v) is 15.0. The largest absolute Gasteiger partial charge is 0.334 e. The Kier molecular flexibility index (Phi) is 6.38. The molecular formula is C20H27N3O. The van der Waals surface area contributed by atoms with Gasteiger partial charge in [-0.1, -0.05) is 48.5 Å². The second-order valence-electron chi connectivity index (χ2n) is 6.50. The number of amides is 2. The number of rotatable bonds is 6. The molecule has 0 unspecified atom stereocenters. The number of hydrogen-bond donors (Lipinski definition) is 1. The van der Waals surface area contributed by atoms with E-state index in [1.54, 1.807) is 4.90 Å². The lowest BCUT2D eigenvalue weighted by Gasteiger charge is -2.19. The number of carbonyl (C=O) groups excluding carboxylic acids is 1. The molecule has 4 nitrogen and oxygen atoms in total. The maximum atomic E-state index is 12.3. The van der Waals surface area contributed by atoms with Crippen LogP contribution in [0.2, 0.25) is 0 Å². The average molecular weight is 325 g/mol. The summed E-state index contributed by atoms with van der Waals surface area (Å²) < 4.78 is 0. The fraction of sp³-hybridized carbons (Fsp3) is 0.350. The third kappa shape index (κ3) is 5.39. The minimum absolute atomic E-state index is 0.0596. The molecule has 0 saturated heterocycles.